The first-order chi connectivity index (χ1) is 18.3. The van der Waals surface area contributed by atoms with Crippen molar-refractivity contribution in [3.05, 3.63) is 114 Å². The van der Waals surface area contributed by atoms with Crippen LogP contribution in [0.2, 0.25) is 0 Å². The molecule has 0 aromatic heterocycles. The van der Waals surface area contributed by atoms with Crippen molar-refractivity contribution in [2.24, 2.45) is 5.92 Å². The Kier molecular flexibility index (Phi) is 6.82. The van der Waals surface area contributed by atoms with Crippen molar-refractivity contribution in [3.63, 3.8) is 0 Å². The van der Waals surface area contributed by atoms with Crippen LogP contribution in [0.15, 0.2) is 108 Å². The van der Waals surface area contributed by atoms with Crippen molar-refractivity contribution in [1.82, 2.24) is 4.90 Å². The highest BCUT2D eigenvalue weighted by Gasteiger charge is 2.58. The average molecular weight is 529 g/mol. The van der Waals surface area contributed by atoms with Gasteiger partial charge in [0, 0.05) is 13.0 Å². The third kappa shape index (κ3) is 4.28. The minimum atomic E-state index is -4.07. The van der Waals surface area contributed by atoms with Crippen LogP contribution in [-0.4, -0.2) is 43.4 Å². The van der Waals surface area contributed by atoms with Crippen LogP contribution in [0.1, 0.15) is 30.2 Å². The summed E-state index contributed by atoms with van der Waals surface area (Å²) < 4.78 is 39.3. The predicted octanol–water partition coefficient (Wildman–Crippen LogP) is 5.25. The quantitative estimate of drug-likeness (QED) is 0.389. The third-order valence-corrected chi connectivity index (χ3v) is 9.54. The lowest BCUT2D eigenvalue weighted by Crippen LogP contribution is -2.56. The molecule has 0 spiro atoms. The number of ether oxygens (including phenoxy) is 2. The molecule has 7 nitrogen and oxygen atoms in total. The van der Waals surface area contributed by atoms with Crippen molar-refractivity contribution in [2.75, 3.05) is 7.11 Å². The molecule has 0 N–H and O–H groups in total. The van der Waals surface area contributed by atoms with Crippen molar-refractivity contribution in [2.45, 2.75) is 40.9 Å². The molecular weight excluding hydrogens is 500 g/mol. The fraction of sp³-hybridized carbons (Fsp3) is 0.267. The number of hydrogen-bond donors (Lipinski definition) is 0. The number of cyclic esters (lactones) is 1. The first kappa shape index (κ1) is 25.7. The molecule has 5 rings (SSSR count). The Bertz CT molecular complexity index is 1470. The second-order valence-electron chi connectivity index (χ2n) is 9.65. The summed E-state index contributed by atoms with van der Waals surface area (Å²) in [5.41, 5.74) is 0.576. The molecule has 3 aromatic carbocycles. The average Bonchev–Trinajstić information content (AvgIpc) is 3.46. The number of nitrogens with zero attached hydrogens (tertiary/aromatic N) is 2. The van der Waals surface area contributed by atoms with E-state index >= 15 is 0 Å². The first-order valence-corrected chi connectivity index (χ1v) is 13.9. The lowest BCUT2D eigenvalue weighted by molar-refractivity contribution is -0.0291. The zero-order valence-corrected chi connectivity index (χ0v) is 21.9. The standard InChI is InChI=1S/C30H28N2O5S/c1-30(36-2)19-18-24(25(20-31)38(34,35)23-16-10-5-11-17-23)28(30)32-26(21-12-6-3-7-13-21)27(37-29(32)33)22-14-8-4-9-15-22/h3-19,24-28H,1-2H3/t24-,25?,26-,27+,28-,30-/m1/s1. The second-order valence-corrected chi connectivity index (χ2v) is 11.7. The maximum absolute atomic E-state index is 13.7. The molecular formula is C30H28N2O5S. The lowest BCUT2D eigenvalue weighted by Gasteiger charge is -2.42. The summed E-state index contributed by atoms with van der Waals surface area (Å²) in [5.74, 6) is -0.872. The smallest absolute Gasteiger partial charge is 0.411 e. The van der Waals surface area contributed by atoms with Gasteiger partial charge in [-0.2, -0.15) is 5.26 Å². The fourth-order valence-electron chi connectivity index (χ4n) is 5.58. The fourth-order valence-corrected chi connectivity index (χ4v) is 7.20. The minimum Gasteiger partial charge on any atom is -0.439 e. The molecule has 1 unspecified atom stereocenters. The van der Waals surface area contributed by atoms with Crippen LogP contribution >= 0.6 is 0 Å². The highest BCUT2D eigenvalue weighted by atomic mass is 32.2. The summed E-state index contributed by atoms with van der Waals surface area (Å²) >= 11 is 0. The topological polar surface area (TPSA) is 96.7 Å². The van der Waals surface area contributed by atoms with Gasteiger partial charge in [0.1, 0.15) is 11.6 Å². The maximum Gasteiger partial charge on any atom is 0.411 e. The molecule has 3 aromatic rings. The Labute approximate surface area is 222 Å². The van der Waals surface area contributed by atoms with Gasteiger partial charge in [0.25, 0.3) is 0 Å². The van der Waals surface area contributed by atoms with E-state index in [1.807, 2.05) is 66.7 Å². The summed E-state index contributed by atoms with van der Waals surface area (Å²) in [6, 6.07) is 27.5. The van der Waals surface area contributed by atoms with E-state index in [1.165, 1.54) is 19.2 Å². The highest BCUT2D eigenvalue weighted by molar-refractivity contribution is 7.92. The number of nitriles is 1. The van der Waals surface area contributed by atoms with E-state index < -0.39 is 50.9 Å². The summed E-state index contributed by atoms with van der Waals surface area (Å²) in [4.78, 5) is 15.3. The highest BCUT2D eigenvalue weighted by Crippen LogP contribution is 2.50. The Morgan fingerprint density at radius 1 is 0.947 bits per heavy atom. The number of carbonyl (C=O) groups excluding carboxylic acids is 1. The number of carbonyl (C=O) groups is 1. The van der Waals surface area contributed by atoms with E-state index in [1.54, 1.807) is 42.2 Å². The van der Waals surface area contributed by atoms with Crippen molar-refractivity contribution >= 4 is 15.9 Å². The molecule has 0 bridgehead atoms. The molecule has 38 heavy (non-hydrogen) atoms. The molecule has 1 amide bonds. The Morgan fingerprint density at radius 2 is 1.50 bits per heavy atom. The summed E-state index contributed by atoms with van der Waals surface area (Å²) in [7, 11) is -2.55. The zero-order chi connectivity index (χ0) is 26.9. The zero-order valence-electron chi connectivity index (χ0n) is 21.0. The van der Waals surface area contributed by atoms with Gasteiger partial charge < -0.3 is 9.47 Å². The molecule has 1 fully saturated rings. The van der Waals surface area contributed by atoms with Gasteiger partial charge in [-0.05, 0) is 30.2 Å². The number of rotatable bonds is 7. The number of sulfone groups is 1. The van der Waals surface area contributed by atoms with E-state index in [0.29, 0.717) is 0 Å². The molecule has 8 heteroatoms. The molecule has 1 saturated heterocycles. The van der Waals surface area contributed by atoms with Gasteiger partial charge in [-0.1, -0.05) is 91.0 Å². The number of methoxy groups -OCH3 is 1. The number of hydrogen-bond acceptors (Lipinski definition) is 6. The first-order valence-electron chi connectivity index (χ1n) is 12.3. The van der Waals surface area contributed by atoms with Crippen LogP contribution in [0.25, 0.3) is 0 Å². The van der Waals surface area contributed by atoms with E-state index in [4.69, 9.17) is 9.47 Å². The van der Waals surface area contributed by atoms with Gasteiger partial charge in [-0.3, -0.25) is 4.90 Å². The second kappa shape index (κ2) is 10.1. The van der Waals surface area contributed by atoms with Gasteiger partial charge in [0.05, 0.1) is 17.0 Å². The molecule has 194 valence electrons. The van der Waals surface area contributed by atoms with Crippen LogP contribution in [0, 0.1) is 17.2 Å². The number of amides is 1. The van der Waals surface area contributed by atoms with Gasteiger partial charge in [0.15, 0.2) is 21.2 Å². The van der Waals surface area contributed by atoms with Gasteiger partial charge in [0.2, 0.25) is 0 Å². The van der Waals surface area contributed by atoms with Crippen molar-refractivity contribution in [3.8, 4) is 6.07 Å². The van der Waals surface area contributed by atoms with E-state index in [0.717, 1.165) is 11.1 Å². The Morgan fingerprint density at radius 3 is 2.05 bits per heavy atom. The summed E-state index contributed by atoms with van der Waals surface area (Å²) in [6.45, 7) is 1.79. The Balaban J connectivity index is 1.64. The molecule has 1 aliphatic carbocycles. The van der Waals surface area contributed by atoms with E-state index in [2.05, 4.69) is 0 Å². The van der Waals surface area contributed by atoms with Crippen molar-refractivity contribution < 1.29 is 22.7 Å². The molecule has 1 aliphatic heterocycles. The minimum absolute atomic E-state index is 0.0514. The van der Waals surface area contributed by atoms with Crippen LogP contribution in [0.3, 0.4) is 0 Å². The van der Waals surface area contributed by atoms with E-state index in [-0.39, 0.29) is 4.90 Å². The molecule has 2 aliphatic rings. The van der Waals surface area contributed by atoms with Crippen LogP contribution < -0.4 is 0 Å². The molecule has 6 atom stereocenters. The largest absolute Gasteiger partial charge is 0.439 e. The van der Waals surface area contributed by atoms with Crippen molar-refractivity contribution in [1.29, 1.82) is 5.26 Å². The predicted molar refractivity (Wildman–Crippen MR) is 142 cm³/mol. The maximum atomic E-state index is 13.7. The van der Waals surface area contributed by atoms with Crippen LogP contribution in [0.4, 0.5) is 4.79 Å². The van der Waals surface area contributed by atoms with Gasteiger partial charge in [-0.25, -0.2) is 13.2 Å². The molecule has 0 saturated carbocycles. The summed E-state index contributed by atoms with van der Waals surface area (Å²) in [6.07, 6.45) is 2.20. The van der Waals surface area contributed by atoms with Crippen LogP contribution in [-0.2, 0) is 19.3 Å². The molecule has 0 radical (unpaired) electrons. The lowest BCUT2D eigenvalue weighted by atomic mass is 9.86. The van der Waals surface area contributed by atoms with E-state index in [9.17, 15) is 18.5 Å². The third-order valence-electron chi connectivity index (χ3n) is 7.52. The molecule has 1 heterocycles. The van der Waals surface area contributed by atoms with Gasteiger partial charge in [-0.15, -0.1) is 0 Å². The van der Waals surface area contributed by atoms with Gasteiger partial charge >= 0.3 is 6.09 Å². The normalized spacial score (nSPS) is 27.6. The SMILES string of the molecule is CO[C@]1(C)C=C[C@H](C(C#N)S(=O)(=O)c2ccccc2)[C@H]1N1C(=O)O[C@@H](c2ccccc2)[C@H]1c1ccccc1. The monoisotopic (exact) mass is 528 g/mol. The summed E-state index contributed by atoms with van der Waals surface area (Å²) in [5, 5.41) is 8.77. The van der Waals surface area contributed by atoms with Crippen LogP contribution in [0.5, 0.6) is 0 Å². The number of benzene rings is 3. The Hall–Kier alpha value is -3.93.